The lowest BCUT2D eigenvalue weighted by molar-refractivity contribution is 0.0678. The van der Waals surface area contributed by atoms with Gasteiger partial charge in [0.15, 0.2) is 0 Å². The summed E-state index contributed by atoms with van der Waals surface area (Å²) in [6, 6.07) is 8.53. The zero-order chi connectivity index (χ0) is 14.9. The van der Waals surface area contributed by atoms with Gasteiger partial charge in [0.1, 0.15) is 0 Å². The van der Waals surface area contributed by atoms with Gasteiger partial charge < -0.3 is 15.2 Å². The lowest BCUT2D eigenvalue weighted by atomic mass is 10.00. The van der Waals surface area contributed by atoms with E-state index in [0.717, 1.165) is 36.2 Å². The molecule has 2 amide bonds. The summed E-state index contributed by atoms with van der Waals surface area (Å²) in [7, 11) is 0. The summed E-state index contributed by atoms with van der Waals surface area (Å²) in [6.07, 6.45) is 5.72. The molecule has 1 atom stereocenters. The van der Waals surface area contributed by atoms with Gasteiger partial charge in [-0.3, -0.25) is 4.90 Å². The number of aromatic amines is 1. The number of amides is 2. The van der Waals surface area contributed by atoms with E-state index < -0.39 is 0 Å². The van der Waals surface area contributed by atoms with Gasteiger partial charge in [-0.1, -0.05) is 12.5 Å². The van der Waals surface area contributed by atoms with Gasteiger partial charge in [-0.2, -0.15) is 0 Å². The van der Waals surface area contributed by atoms with Crippen LogP contribution in [0.4, 0.5) is 10.5 Å². The van der Waals surface area contributed by atoms with Gasteiger partial charge in [0.25, 0.3) is 0 Å². The summed E-state index contributed by atoms with van der Waals surface area (Å²) in [6.45, 7) is 3.88. The van der Waals surface area contributed by atoms with Crippen molar-refractivity contribution in [3.8, 4) is 0 Å². The summed E-state index contributed by atoms with van der Waals surface area (Å²) in [5, 5.41) is 4.15. The maximum absolute atomic E-state index is 12.6. The molecule has 2 aliphatic heterocycles. The number of piperazine rings is 1. The molecular formula is C17H22N4O. The van der Waals surface area contributed by atoms with Crippen molar-refractivity contribution < 1.29 is 4.79 Å². The highest BCUT2D eigenvalue weighted by molar-refractivity contribution is 6.00. The third-order valence-corrected chi connectivity index (χ3v) is 4.96. The first-order chi connectivity index (χ1) is 10.8. The molecule has 2 saturated heterocycles. The van der Waals surface area contributed by atoms with Crippen LogP contribution in [0.2, 0.25) is 0 Å². The van der Waals surface area contributed by atoms with Gasteiger partial charge in [-0.05, 0) is 37.6 Å². The fourth-order valence-corrected chi connectivity index (χ4v) is 3.73. The number of hydrogen-bond donors (Lipinski definition) is 2. The molecule has 5 nitrogen and oxygen atoms in total. The van der Waals surface area contributed by atoms with Gasteiger partial charge in [0.05, 0.1) is 5.69 Å². The zero-order valence-corrected chi connectivity index (χ0v) is 12.7. The minimum Gasteiger partial charge on any atom is -0.361 e. The number of fused-ring (bicyclic) bond motifs is 2. The number of H-pyrrole nitrogens is 1. The van der Waals surface area contributed by atoms with Crippen molar-refractivity contribution >= 4 is 22.6 Å². The number of nitrogens with one attached hydrogen (secondary N) is 2. The standard InChI is InChI=1S/C17H22N4O/c22-17(19-16-6-3-5-15-14(16)7-8-18-15)21-11-10-20-9-2-1-4-13(20)12-21/h3,5-8,13,18H,1-2,4,9-12H2,(H,19,22). The van der Waals surface area contributed by atoms with Crippen molar-refractivity contribution in [3.05, 3.63) is 30.5 Å². The van der Waals surface area contributed by atoms with Gasteiger partial charge in [0, 0.05) is 42.8 Å². The van der Waals surface area contributed by atoms with Crippen LogP contribution in [0.15, 0.2) is 30.5 Å². The fraction of sp³-hybridized carbons (Fsp3) is 0.471. The fourth-order valence-electron chi connectivity index (χ4n) is 3.73. The Morgan fingerprint density at radius 1 is 1.18 bits per heavy atom. The Morgan fingerprint density at radius 2 is 2.14 bits per heavy atom. The Bertz CT molecular complexity index is 680. The van der Waals surface area contributed by atoms with E-state index in [1.807, 2.05) is 35.4 Å². The highest BCUT2D eigenvalue weighted by atomic mass is 16.2. The molecule has 2 N–H and O–H groups in total. The number of hydrogen-bond acceptors (Lipinski definition) is 2. The molecule has 2 fully saturated rings. The summed E-state index contributed by atoms with van der Waals surface area (Å²) in [4.78, 5) is 20.3. The number of rotatable bonds is 1. The summed E-state index contributed by atoms with van der Waals surface area (Å²) < 4.78 is 0. The average Bonchev–Trinajstić information content (AvgIpc) is 3.04. The van der Waals surface area contributed by atoms with E-state index in [-0.39, 0.29) is 6.03 Å². The first kappa shape index (κ1) is 13.6. The van der Waals surface area contributed by atoms with E-state index >= 15 is 0 Å². The van der Waals surface area contributed by atoms with Crippen LogP contribution in [0.1, 0.15) is 19.3 Å². The van der Waals surface area contributed by atoms with Crippen molar-refractivity contribution in [2.24, 2.45) is 0 Å². The van der Waals surface area contributed by atoms with E-state index in [1.54, 1.807) is 0 Å². The van der Waals surface area contributed by atoms with E-state index in [1.165, 1.54) is 25.8 Å². The highest BCUT2D eigenvalue weighted by Gasteiger charge is 2.31. The normalized spacial score (nSPS) is 22.5. The number of carbonyl (C=O) groups excluding carboxylic acids is 1. The zero-order valence-electron chi connectivity index (χ0n) is 12.7. The molecule has 0 aliphatic carbocycles. The lowest BCUT2D eigenvalue weighted by Crippen LogP contribution is -2.56. The molecule has 0 radical (unpaired) electrons. The Labute approximate surface area is 130 Å². The Morgan fingerprint density at radius 3 is 3.09 bits per heavy atom. The number of piperidine rings is 1. The third kappa shape index (κ3) is 2.46. The predicted octanol–water partition coefficient (Wildman–Crippen LogP) is 2.87. The number of anilines is 1. The van der Waals surface area contributed by atoms with Crippen LogP contribution in [0.25, 0.3) is 10.9 Å². The summed E-state index contributed by atoms with van der Waals surface area (Å²) in [5.74, 6) is 0. The van der Waals surface area contributed by atoms with Crippen molar-refractivity contribution in [2.45, 2.75) is 25.3 Å². The van der Waals surface area contributed by atoms with Gasteiger partial charge in [0.2, 0.25) is 0 Å². The minimum atomic E-state index is 0.0268. The number of urea groups is 1. The van der Waals surface area contributed by atoms with Crippen LogP contribution in [-0.2, 0) is 0 Å². The Kier molecular flexibility index (Phi) is 3.50. The maximum atomic E-state index is 12.6. The smallest absolute Gasteiger partial charge is 0.321 e. The molecule has 5 heteroatoms. The molecule has 116 valence electrons. The monoisotopic (exact) mass is 298 g/mol. The molecule has 22 heavy (non-hydrogen) atoms. The third-order valence-electron chi connectivity index (χ3n) is 4.96. The van der Waals surface area contributed by atoms with E-state index in [9.17, 15) is 4.79 Å². The SMILES string of the molecule is O=C(Nc1cccc2[nH]ccc12)N1CCN2CCCCC2C1. The van der Waals surface area contributed by atoms with Crippen molar-refractivity contribution in [1.82, 2.24) is 14.8 Å². The van der Waals surface area contributed by atoms with Gasteiger partial charge in [-0.25, -0.2) is 4.79 Å². The topological polar surface area (TPSA) is 51.4 Å². The maximum Gasteiger partial charge on any atom is 0.321 e. The minimum absolute atomic E-state index is 0.0268. The average molecular weight is 298 g/mol. The van der Waals surface area contributed by atoms with Crippen LogP contribution in [0.3, 0.4) is 0 Å². The molecular weight excluding hydrogens is 276 g/mol. The van der Waals surface area contributed by atoms with E-state index in [4.69, 9.17) is 0 Å². The molecule has 1 aromatic carbocycles. The van der Waals surface area contributed by atoms with Crippen molar-refractivity contribution in [2.75, 3.05) is 31.5 Å². The number of benzene rings is 1. The molecule has 3 heterocycles. The van der Waals surface area contributed by atoms with Crippen molar-refractivity contribution in [1.29, 1.82) is 0 Å². The van der Waals surface area contributed by atoms with Crippen LogP contribution < -0.4 is 5.32 Å². The first-order valence-corrected chi connectivity index (χ1v) is 8.17. The second-order valence-corrected chi connectivity index (χ2v) is 6.31. The molecule has 1 unspecified atom stereocenters. The molecule has 0 spiro atoms. The highest BCUT2D eigenvalue weighted by Crippen LogP contribution is 2.24. The number of nitrogens with zero attached hydrogens (tertiary/aromatic N) is 2. The van der Waals surface area contributed by atoms with E-state index in [0.29, 0.717) is 6.04 Å². The second-order valence-electron chi connectivity index (χ2n) is 6.31. The molecule has 2 aromatic rings. The van der Waals surface area contributed by atoms with Gasteiger partial charge >= 0.3 is 6.03 Å². The lowest BCUT2D eigenvalue weighted by Gasteiger charge is -2.43. The quantitative estimate of drug-likeness (QED) is 0.850. The molecule has 4 rings (SSSR count). The first-order valence-electron chi connectivity index (χ1n) is 8.17. The molecule has 0 saturated carbocycles. The van der Waals surface area contributed by atoms with E-state index in [2.05, 4.69) is 15.2 Å². The van der Waals surface area contributed by atoms with Crippen LogP contribution >= 0.6 is 0 Å². The summed E-state index contributed by atoms with van der Waals surface area (Å²) >= 11 is 0. The van der Waals surface area contributed by atoms with Gasteiger partial charge in [-0.15, -0.1) is 0 Å². The summed E-state index contributed by atoms with van der Waals surface area (Å²) in [5.41, 5.74) is 1.93. The van der Waals surface area contributed by atoms with Crippen LogP contribution in [-0.4, -0.2) is 53.0 Å². The Hall–Kier alpha value is -2.01. The van der Waals surface area contributed by atoms with Crippen molar-refractivity contribution in [3.63, 3.8) is 0 Å². The number of aromatic nitrogens is 1. The molecule has 2 aliphatic rings. The number of carbonyl (C=O) groups is 1. The molecule has 1 aromatic heterocycles. The largest absolute Gasteiger partial charge is 0.361 e. The second kappa shape index (κ2) is 5.65. The molecule has 0 bridgehead atoms. The predicted molar refractivity (Wildman–Crippen MR) is 88.1 cm³/mol. The van der Waals surface area contributed by atoms with Crippen LogP contribution in [0.5, 0.6) is 0 Å². The van der Waals surface area contributed by atoms with Crippen LogP contribution in [0, 0.1) is 0 Å². The Balaban J connectivity index is 1.47.